The van der Waals surface area contributed by atoms with Crippen LogP contribution in [-0.2, 0) is 6.42 Å². The molecule has 1 aromatic rings. The first kappa shape index (κ1) is 8.93. The molecule has 1 aromatic heterocycles. The Labute approximate surface area is 88.8 Å². The monoisotopic (exact) mass is 208 g/mol. The highest BCUT2D eigenvalue weighted by Gasteiger charge is 2.49. The molecule has 1 heterocycles. The summed E-state index contributed by atoms with van der Waals surface area (Å²) in [7, 11) is 0. The molecule has 0 spiro atoms. The first-order valence-corrected chi connectivity index (χ1v) is 6.39. The molecule has 0 saturated heterocycles. The fraction of sp³-hybridized carbons (Fsp3) is 0.667. The van der Waals surface area contributed by atoms with Crippen LogP contribution in [0.2, 0.25) is 0 Å². The van der Waals surface area contributed by atoms with Gasteiger partial charge in [-0.1, -0.05) is 6.07 Å². The van der Waals surface area contributed by atoms with E-state index in [4.69, 9.17) is 0 Å². The number of fused-ring (bicyclic) bond motifs is 2. The molecule has 0 radical (unpaired) electrons. The van der Waals surface area contributed by atoms with Gasteiger partial charge in [-0.25, -0.2) is 0 Å². The third kappa shape index (κ3) is 1.32. The van der Waals surface area contributed by atoms with Crippen LogP contribution in [0, 0.1) is 11.8 Å². The smallest absolute Gasteiger partial charge is 0.0726 e. The van der Waals surface area contributed by atoms with Crippen LogP contribution in [0.4, 0.5) is 0 Å². The molecule has 2 bridgehead atoms. The number of thiophene rings is 1. The fourth-order valence-corrected chi connectivity index (χ4v) is 4.17. The van der Waals surface area contributed by atoms with E-state index < -0.39 is 0 Å². The molecule has 2 saturated carbocycles. The number of rotatable bonds is 2. The molecule has 0 aliphatic heterocycles. The van der Waals surface area contributed by atoms with Gasteiger partial charge < -0.3 is 5.11 Å². The third-order valence-electron chi connectivity index (χ3n) is 4.00. The molecule has 1 nitrogen and oxygen atoms in total. The van der Waals surface area contributed by atoms with Crippen molar-refractivity contribution in [3.8, 4) is 0 Å². The number of aliphatic hydroxyl groups is 1. The van der Waals surface area contributed by atoms with E-state index >= 15 is 0 Å². The molecule has 14 heavy (non-hydrogen) atoms. The van der Waals surface area contributed by atoms with E-state index in [-0.39, 0.29) is 5.60 Å². The van der Waals surface area contributed by atoms with Crippen molar-refractivity contribution in [3.05, 3.63) is 22.4 Å². The van der Waals surface area contributed by atoms with Crippen molar-refractivity contribution in [2.75, 3.05) is 0 Å². The summed E-state index contributed by atoms with van der Waals surface area (Å²) in [6.45, 7) is 0. The summed E-state index contributed by atoms with van der Waals surface area (Å²) >= 11 is 1.78. The third-order valence-corrected chi connectivity index (χ3v) is 4.88. The maximum absolute atomic E-state index is 10.6. The lowest BCUT2D eigenvalue weighted by atomic mass is 9.81. The summed E-state index contributed by atoms with van der Waals surface area (Å²) in [5.74, 6) is 1.42. The van der Waals surface area contributed by atoms with Gasteiger partial charge in [0, 0.05) is 11.3 Å². The largest absolute Gasteiger partial charge is 0.389 e. The van der Waals surface area contributed by atoms with Gasteiger partial charge in [0.05, 0.1) is 5.60 Å². The lowest BCUT2D eigenvalue weighted by molar-refractivity contribution is -0.0118. The van der Waals surface area contributed by atoms with Crippen LogP contribution < -0.4 is 0 Å². The van der Waals surface area contributed by atoms with Crippen molar-refractivity contribution in [2.45, 2.75) is 37.7 Å². The molecule has 3 rings (SSSR count). The Balaban J connectivity index is 1.78. The molecular formula is C12H16OS. The Morgan fingerprint density at radius 1 is 1.50 bits per heavy atom. The summed E-state index contributed by atoms with van der Waals surface area (Å²) in [6, 6.07) is 4.23. The first-order chi connectivity index (χ1) is 6.76. The zero-order valence-electron chi connectivity index (χ0n) is 8.28. The molecule has 1 N–H and O–H groups in total. The van der Waals surface area contributed by atoms with Crippen LogP contribution in [0.15, 0.2) is 17.5 Å². The van der Waals surface area contributed by atoms with Crippen LogP contribution >= 0.6 is 11.3 Å². The molecule has 3 atom stereocenters. The summed E-state index contributed by atoms with van der Waals surface area (Å²) in [4.78, 5) is 1.35. The Morgan fingerprint density at radius 2 is 2.43 bits per heavy atom. The average Bonchev–Trinajstić information content (AvgIpc) is 2.78. The normalized spacial score (nSPS) is 40.6. The predicted molar refractivity (Wildman–Crippen MR) is 58.4 cm³/mol. The van der Waals surface area contributed by atoms with Gasteiger partial charge in [-0.05, 0) is 49.0 Å². The van der Waals surface area contributed by atoms with Crippen LogP contribution in [-0.4, -0.2) is 10.7 Å². The summed E-state index contributed by atoms with van der Waals surface area (Å²) < 4.78 is 0. The standard InChI is InChI=1S/C12H16OS/c13-12(8-11-2-1-5-14-11)7-9-3-4-10(12)6-9/h1-2,5,9-10,13H,3-4,6-8H2. The van der Waals surface area contributed by atoms with Gasteiger partial charge in [0.15, 0.2) is 0 Å². The van der Waals surface area contributed by atoms with Gasteiger partial charge in [0.1, 0.15) is 0 Å². The number of hydrogen-bond acceptors (Lipinski definition) is 2. The Hall–Kier alpha value is -0.340. The molecule has 2 heteroatoms. The Morgan fingerprint density at radius 3 is 3.00 bits per heavy atom. The quantitative estimate of drug-likeness (QED) is 0.792. The van der Waals surface area contributed by atoms with Crippen LogP contribution in [0.5, 0.6) is 0 Å². The Bertz CT molecular complexity index is 319. The predicted octanol–water partition coefficient (Wildman–Crippen LogP) is 2.84. The van der Waals surface area contributed by atoms with E-state index in [1.165, 1.54) is 24.1 Å². The highest BCUT2D eigenvalue weighted by Crippen LogP contribution is 2.52. The minimum atomic E-state index is -0.353. The first-order valence-electron chi connectivity index (χ1n) is 5.51. The second-order valence-corrected chi connectivity index (χ2v) is 5.97. The second-order valence-electron chi connectivity index (χ2n) is 4.94. The van der Waals surface area contributed by atoms with Gasteiger partial charge >= 0.3 is 0 Å². The average molecular weight is 208 g/mol. The van der Waals surface area contributed by atoms with Crippen molar-refractivity contribution >= 4 is 11.3 Å². The fourth-order valence-electron chi connectivity index (χ4n) is 3.35. The molecule has 2 aliphatic rings. The highest BCUT2D eigenvalue weighted by atomic mass is 32.1. The highest BCUT2D eigenvalue weighted by molar-refractivity contribution is 7.09. The van der Waals surface area contributed by atoms with E-state index in [9.17, 15) is 5.11 Å². The van der Waals surface area contributed by atoms with Gasteiger partial charge in [0.25, 0.3) is 0 Å². The molecule has 2 fully saturated rings. The van der Waals surface area contributed by atoms with E-state index in [2.05, 4.69) is 17.5 Å². The van der Waals surface area contributed by atoms with Crippen molar-refractivity contribution < 1.29 is 5.11 Å². The van der Waals surface area contributed by atoms with Gasteiger partial charge in [0.2, 0.25) is 0 Å². The van der Waals surface area contributed by atoms with Crippen molar-refractivity contribution in [1.29, 1.82) is 0 Å². The van der Waals surface area contributed by atoms with E-state index in [0.717, 1.165) is 18.8 Å². The molecule has 76 valence electrons. The minimum Gasteiger partial charge on any atom is -0.389 e. The topological polar surface area (TPSA) is 20.2 Å². The summed E-state index contributed by atoms with van der Waals surface area (Å²) in [6.07, 6.45) is 5.84. The van der Waals surface area contributed by atoms with Gasteiger partial charge in [-0.3, -0.25) is 0 Å². The van der Waals surface area contributed by atoms with Gasteiger partial charge in [-0.15, -0.1) is 11.3 Å². The lowest BCUT2D eigenvalue weighted by Gasteiger charge is -2.32. The molecule has 0 amide bonds. The maximum atomic E-state index is 10.6. The molecule has 2 aliphatic carbocycles. The maximum Gasteiger partial charge on any atom is 0.0726 e. The molecule has 0 aromatic carbocycles. The molecular weight excluding hydrogens is 192 g/mol. The van der Waals surface area contributed by atoms with Crippen LogP contribution in [0.25, 0.3) is 0 Å². The Kier molecular flexibility index (Phi) is 1.96. The molecule has 3 unspecified atom stereocenters. The van der Waals surface area contributed by atoms with Crippen LogP contribution in [0.3, 0.4) is 0 Å². The number of hydrogen-bond donors (Lipinski definition) is 1. The van der Waals surface area contributed by atoms with E-state index in [1.54, 1.807) is 11.3 Å². The van der Waals surface area contributed by atoms with E-state index in [0.29, 0.717) is 5.92 Å². The minimum absolute atomic E-state index is 0.353. The second kappa shape index (κ2) is 3.07. The van der Waals surface area contributed by atoms with Crippen molar-refractivity contribution in [1.82, 2.24) is 0 Å². The van der Waals surface area contributed by atoms with E-state index in [1.807, 2.05) is 0 Å². The lowest BCUT2D eigenvalue weighted by Crippen LogP contribution is -2.37. The zero-order valence-corrected chi connectivity index (χ0v) is 9.09. The van der Waals surface area contributed by atoms with Crippen molar-refractivity contribution in [3.63, 3.8) is 0 Å². The SMILES string of the molecule is OC1(Cc2cccs2)CC2CCC1C2. The summed E-state index contributed by atoms with van der Waals surface area (Å²) in [5, 5.41) is 12.7. The zero-order chi connectivity index (χ0) is 9.60. The van der Waals surface area contributed by atoms with Crippen LogP contribution in [0.1, 0.15) is 30.6 Å². The summed E-state index contributed by atoms with van der Waals surface area (Å²) in [5.41, 5.74) is -0.353. The van der Waals surface area contributed by atoms with Gasteiger partial charge in [-0.2, -0.15) is 0 Å². The van der Waals surface area contributed by atoms with Crippen molar-refractivity contribution in [2.24, 2.45) is 11.8 Å².